The first-order valence-corrected chi connectivity index (χ1v) is 3.85. The van der Waals surface area contributed by atoms with Crippen molar-refractivity contribution in [2.45, 2.75) is 6.92 Å². The molecule has 4 heteroatoms. The number of primary amides is 1. The molecule has 0 aliphatic carbocycles. The van der Waals surface area contributed by atoms with Crippen molar-refractivity contribution in [1.29, 1.82) is 0 Å². The Morgan fingerprint density at radius 1 is 1.90 bits per heavy atom. The van der Waals surface area contributed by atoms with Crippen molar-refractivity contribution in [3.05, 3.63) is 0 Å². The van der Waals surface area contributed by atoms with Crippen molar-refractivity contribution >= 4 is 28.8 Å². The Balaban J connectivity index is 3.94. The molecular formula is C6H9IN2O. The Morgan fingerprint density at radius 3 is 2.80 bits per heavy atom. The topological polar surface area (TPSA) is 55.1 Å². The number of halogens is 1. The maximum Gasteiger partial charge on any atom is 0.233 e. The second kappa shape index (κ2) is 5.50. The van der Waals surface area contributed by atoms with E-state index in [1.54, 1.807) is 6.92 Å². The van der Waals surface area contributed by atoms with E-state index < -0.39 is 0 Å². The highest BCUT2D eigenvalue weighted by molar-refractivity contribution is 14.1. The van der Waals surface area contributed by atoms with Crippen LogP contribution in [0.25, 0.3) is 0 Å². The van der Waals surface area contributed by atoms with Crippen molar-refractivity contribution in [3.63, 3.8) is 0 Å². The molecule has 56 valence electrons. The number of hydrogen-bond donors (Lipinski definition) is 2. The number of hydrogen-bond acceptors (Lipinski definition) is 2. The molecule has 0 radical (unpaired) electrons. The van der Waals surface area contributed by atoms with Gasteiger partial charge in [0.15, 0.2) is 0 Å². The molecule has 0 aromatic carbocycles. The first-order valence-electron chi connectivity index (χ1n) is 2.77. The molecule has 1 atom stereocenters. The van der Waals surface area contributed by atoms with Gasteiger partial charge in [-0.1, -0.05) is 5.92 Å². The van der Waals surface area contributed by atoms with Gasteiger partial charge in [-0.05, 0) is 6.92 Å². The van der Waals surface area contributed by atoms with Gasteiger partial charge in [-0.3, -0.25) is 8.32 Å². The summed E-state index contributed by atoms with van der Waals surface area (Å²) in [6, 6.07) is 0. The first kappa shape index (κ1) is 9.72. The van der Waals surface area contributed by atoms with Gasteiger partial charge in [0.25, 0.3) is 0 Å². The molecule has 0 aliphatic rings. The number of amides is 1. The highest BCUT2D eigenvalue weighted by Gasteiger charge is 2.09. The van der Waals surface area contributed by atoms with E-state index in [0.29, 0.717) is 6.54 Å². The van der Waals surface area contributed by atoms with Crippen molar-refractivity contribution in [2.75, 3.05) is 6.54 Å². The Kier molecular flexibility index (Phi) is 5.35. The van der Waals surface area contributed by atoms with Crippen molar-refractivity contribution in [2.24, 2.45) is 11.7 Å². The van der Waals surface area contributed by atoms with Crippen LogP contribution in [0.3, 0.4) is 0 Å². The average molecular weight is 252 g/mol. The first-order chi connectivity index (χ1) is 4.72. The van der Waals surface area contributed by atoms with E-state index in [4.69, 9.17) is 5.73 Å². The standard InChI is InChI=1S/C6H9IN2O/c1-2-3-5(4-9-7)6(8)10/h5,9H,4H2,1H3,(H2,8,10). The van der Waals surface area contributed by atoms with Crippen LogP contribution in [-0.2, 0) is 4.79 Å². The van der Waals surface area contributed by atoms with Crippen LogP contribution in [0.5, 0.6) is 0 Å². The summed E-state index contributed by atoms with van der Waals surface area (Å²) in [6.07, 6.45) is 0. The molecule has 0 saturated carbocycles. The largest absolute Gasteiger partial charge is 0.369 e. The molecule has 1 amide bonds. The van der Waals surface area contributed by atoms with Crippen molar-refractivity contribution in [3.8, 4) is 11.8 Å². The number of carbonyl (C=O) groups excluding carboxylic acids is 1. The van der Waals surface area contributed by atoms with Crippen LogP contribution >= 0.6 is 22.9 Å². The average Bonchev–Trinajstić information content (AvgIpc) is 1.87. The van der Waals surface area contributed by atoms with E-state index in [-0.39, 0.29) is 11.8 Å². The van der Waals surface area contributed by atoms with E-state index in [1.165, 1.54) is 0 Å². The molecule has 0 bridgehead atoms. The lowest BCUT2D eigenvalue weighted by molar-refractivity contribution is -0.119. The summed E-state index contributed by atoms with van der Waals surface area (Å²) in [4.78, 5) is 10.6. The maximum absolute atomic E-state index is 10.6. The molecule has 0 spiro atoms. The molecule has 0 saturated heterocycles. The second-order valence-corrected chi connectivity index (χ2v) is 2.45. The zero-order chi connectivity index (χ0) is 7.98. The molecule has 3 N–H and O–H groups in total. The van der Waals surface area contributed by atoms with Gasteiger partial charge in [-0.2, -0.15) is 0 Å². The highest BCUT2D eigenvalue weighted by Crippen LogP contribution is 1.91. The highest BCUT2D eigenvalue weighted by atomic mass is 127. The van der Waals surface area contributed by atoms with E-state index >= 15 is 0 Å². The van der Waals surface area contributed by atoms with E-state index in [0.717, 1.165) is 0 Å². The van der Waals surface area contributed by atoms with Crippen LogP contribution in [0.4, 0.5) is 0 Å². The molecule has 0 aromatic heterocycles. The quantitative estimate of drug-likeness (QED) is 0.423. The van der Waals surface area contributed by atoms with Crippen molar-refractivity contribution < 1.29 is 4.79 Å². The van der Waals surface area contributed by atoms with Gasteiger partial charge in [-0.15, -0.1) is 5.92 Å². The third kappa shape index (κ3) is 3.69. The lowest BCUT2D eigenvalue weighted by Crippen LogP contribution is -2.28. The summed E-state index contributed by atoms with van der Waals surface area (Å²) in [5.74, 6) is 4.60. The molecule has 0 heterocycles. The fraction of sp³-hybridized carbons (Fsp3) is 0.500. The zero-order valence-electron chi connectivity index (χ0n) is 5.65. The Bertz CT molecular complexity index is 170. The van der Waals surface area contributed by atoms with Crippen molar-refractivity contribution in [1.82, 2.24) is 3.53 Å². The van der Waals surface area contributed by atoms with Gasteiger partial charge < -0.3 is 5.73 Å². The Labute approximate surface area is 74.2 Å². The predicted octanol–water partition coefficient (Wildman–Crippen LogP) is 0.0508. The molecule has 10 heavy (non-hydrogen) atoms. The van der Waals surface area contributed by atoms with E-state index in [1.807, 2.05) is 22.9 Å². The summed E-state index contributed by atoms with van der Waals surface area (Å²) in [5, 5.41) is 0. The maximum atomic E-state index is 10.6. The van der Waals surface area contributed by atoms with E-state index in [9.17, 15) is 4.79 Å². The monoisotopic (exact) mass is 252 g/mol. The molecule has 0 aliphatic heterocycles. The van der Waals surface area contributed by atoms with Crippen LogP contribution in [0.15, 0.2) is 0 Å². The SMILES string of the molecule is CC#CC(CNI)C(N)=O. The third-order valence-electron chi connectivity index (χ3n) is 0.943. The molecule has 0 fully saturated rings. The summed E-state index contributed by atoms with van der Waals surface area (Å²) in [5.41, 5.74) is 5.02. The fourth-order valence-corrected chi connectivity index (χ4v) is 0.915. The minimum absolute atomic E-state index is 0.359. The molecule has 0 aromatic rings. The third-order valence-corrected chi connectivity index (χ3v) is 1.38. The van der Waals surface area contributed by atoms with Gasteiger partial charge in [0.05, 0.1) is 0 Å². The van der Waals surface area contributed by atoms with Gasteiger partial charge in [0.1, 0.15) is 5.92 Å². The minimum Gasteiger partial charge on any atom is -0.369 e. The Hall–Kier alpha value is -0.280. The molecule has 3 nitrogen and oxygen atoms in total. The van der Waals surface area contributed by atoms with Crippen LogP contribution in [0, 0.1) is 17.8 Å². The lowest BCUT2D eigenvalue weighted by atomic mass is 10.1. The number of nitrogens with two attached hydrogens (primary N) is 1. The summed E-state index contributed by atoms with van der Waals surface area (Å²) < 4.78 is 2.80. The summed E-state index contributed by atoms with van der Waals surface area (Å²) >= 11 is 1.95. The normalized spacial score (nSPS) is 11.4. The smallest absolute Gasteiger partial charge is 0.233 e. The summed E-state index contributed by atoms with van der Waals surface area (Å²) in [6.45, 7) is 2.19. The second-order valence-electron chi connectivity index (χ2n) is 1.69. The fourth-order valence-electron chi connectivity index (χ4n) is 0.474. The minimum atomic E-state index is -0.376. The van der Waals surface area contributed by atoms with Gasteiger partial charge >= 0.3 is 0 Å². The predicted molar refractivity (Wildman–Crippen MR) is 48.2 cm³/mol. The van der Waals surface area contributed by atoms with Crippen LogP contribution in [0.1, 0.15) is 6.92 Å². The molecular weight excluding hydrogens is 243 g/mol. The lowest BCUT2D eigenvalue weighted by Gasteiger charge is -2.01. The molecule has 0 rings (SSSR count). The zero-order valence-corrected chi connectivity index (χ0v) is 7.81. The number of carbonyl (C=O) groups is 1. The van der Waals surface area contributed by atoms with Crippen LogP contribution in [-0.4, -0.2) is 12.5 Å². The molecule has 1 unspecified atom stereocenters. The number of nitrogens with one attached hydrogen (secondary N) is 1. The Morgan fingerprint density at radius 2 is 2.50 bits per heavy atom. The summed E-state index contributed by atoms with van der Waals surface area (Å²) in [7, 11) is 0. The van der Waals surface area contributed by atoms with Gasteiger partial charge in [0, 0.05) is 29.4 Å². The van der Waals surface area contributed by atoms with E-state index in [2.05, 4.69) is 15.4 Å². The van der Waals surface area contributed by atoms with Gasteiger partial charge in [-0.25, -0.2) is 0 Å². The van der Waals surface area contributed by atoms with Crippen LogP contribution in [0.2, 0.25) is 0 Å². The van der Waals surface area contributed by atoms with Gasteiger partial charge in [0.2, 0.25) is 5.91 Å². The van der Waals surface area contributed by atoms with Crippen LogP contribution < -0.4 is 9.26 Å². The number of rotatable bonds is 3.